The molecule has 176 valence electrons. The van der Waals surface area contributed by atoms with Crippen molar-refractivity contribution in [3.05, 3.63) is 62.9 Å². The Morgan fingerprint density at radius 1 is 1.24 bits per heavy atom. The number of benzene rings is 1. The molecule has 1 aliphatic carbocycles. The zero-order valence-electron chi connectivity index (χ0n) is 19.7. The minimum Gasteiger partial charge on any atom is -0.342 e. The Balaban J connectivity index is 1.49. The number of aryl methyl sites for hydroxylation is 2. The van der Waals surface area contributed by atoms with Crippen molar-refractivity contribution >= 4 is 35.2 Å². The Labute approximate surface area is 205 Å². The number of carbonyl (C=O) groups excluding carboxylic acids is 2. The van der Waals surface area contributed by atoms with Crippen LogP contribution in [0.1, 0.15) is 71.3 Å². The molecule has 2 aromatic rings. The highest BCUT2D eigenvalue weighted by Gasteiger charge is 2.25. The van der Waals surface area contributed by atoms with Gasteiger partial charge in [-0.1, -0.05) is 29.7 Å². The van der Waals surface area contributed by atoms with Crippen molar-refractivity contribution in [3.63, 3.8) is 0 Å². The molecule has 6 nitrogen and oxygen atoms in total. The molecule has 0 spiro atoms. The molecule has 0 bridgehead atoms. The number of anilines is 1. The first-order valence-electron chi connectivity index (χ1n) is 11.8. The molecule has 1 aromatic heterocycles. The van der Waals surface area contributed by atoms with E-state index in [1.807, 2.05) is 24.0 Å². The molecule has 0 radical (unpaired) electrons. The smallest absolute Gasteiger partial charge is 0.257 e. The summed E-state index contributed by atoms with van der Waals surface area (Å²) in [7, 11) is 0. The average molecular weight is 477 g/mol. The molecule has 0 atom stereocenters. The number of amides is 2. The standard InChI is InChI=1S/C27H29ClN4O2/c1-17-10-24(28)14-21(26(17)31-27(34)23-13-22(15-29)18(2)30-16-23)11-20-6-8-32(9-7-20)25(33)12-19-4-3-5-19/h10-11,13-14,16,19H,3-9,12H2,1-2H3,(H,31,34). The molecule has 1 saturated carbocycles. The third-order valence-corrected chi connectivity index (χ3v) is 7.06. The first-order chi connectivity index (χ1) is 16.3. The molecule has 2 aliphatic rings. The maximum absolute atomic E-state index is 13.0. The summed E-state index contributed by atoms with van der Waals surface area (Å²) in [5.41, 5.74) is 4.89. The van der Waals surface area contributed by atoms with Gasteiger partial charge in [0.1, 0.15) is 6.07 Å². The number of nitriles is 1. The second-order valence-corrected chi connectivity index (χ2v) is 9.73. The molecule has 7 heteroatoms. The minimum atomic E-state index is -0.328. The van der Waals surface area contributed by atoms with Crippen molar-refractivity contribution in [2.24, 2.45) is 5.92 Å². The van der Waals surface area contributed by atoms with Gasteiger partial charge in [0.15, 0.2) is 0 Å². The molecular formula is C27H29ClN4O2. The fraction of sp³-hybridized carbons (Fsp3) is 0.407. The summed E-state index contributed by atoms with van der Waals surface area (Å²) in [5.74, 6) is 0.530. The van der Waals surface area contributed by atoms with Crippen molar-refractivity contribution in [1.29, 1.82) is 5.26 Å². The van der Waals surface area contributed by atoms with Gasteiger partial charge in [-0.15, -0.1) is 0 Å². The summed E-state index contributed by atoms with van der Waals surface area (Å²) in [6, 6.07) is 7.28. The first kappa shape index (κ1) is 24.0. The molecule has 34 heavy (non-hydrogen) atoms. The van der Waals surface area contributed by atoms with Gasteiger partial charge in [-0.25, -0.2) is 0 Å². The monoisotopic (exact) mass is 476 g/mol. The summed E-state index contributed by atoms with van der Waals surface area (Å²) in [5, 5.41) is 12.8. The van der Waals surface area contributed by atoms with E-state index in [9.17, 15) is 14.9 Å². The molecule has 1 saturated heterocycles. The third-order valence-electron chi connectivity index (χ3n) is 6.84. The Morgan fingerprint density at radius 3 is 2.62 bits per heavy atom. The molecule has 1 N–H and O–H groups in total. The van der Waals surface area contributed by atoms with Crippen molar-refractivity contribution < 1.29 is 9.59 Å². The van der Waals surface area contributed by atoms with E-state index in [2.05, 4.69) is 22.4 Å². The zero-order valence-corrected chi connectivity index (χ0v) is 20.4. The zero-order chi connectivity index (χ0) is 24.2. The Bertz CT molecular complexity index is 1180. The normalized spacial score (nSPS) is 15.9. The van der Waals surface area contributed by atoms with Crippen LogP contribution in [0.3, 0.4) is 0 Å². The Morgan fingerprint density at radius 2 is 1.97 bits per heavy atom. The van der Waals surface area contributed by atoms with Crippen LogP contribution < -0.4 is 5.32 Å². The van der Waals surface area contributed by atoms with E-state index in [4.69, 9.17) is 11.6 Å². The Hall–Kier alpha value is -3.17. The predicted octanol–water partition coefficient (Wildman–Crippen LogP) is 5.67. The van der Waals surface area contributed by atoms with Gasteiger partial charge in [-0.3, -0.25) is 14.6 Å². The van der Waals surface area contributed by atoms with Gasteiger partial charge >= 0.3 is 0 Å². The van der Waals surface area contributed by atoms with E-state index < -0.39 is 0 Å². The summed E-state index contributed by atoms with van der Waals surface area (Å²) in [4.78, 5) is 31.7. The molecule has 0 unspecified atom stereocenters. The molecule has 1 aliphatic heterocycles. The lowest BCUT2D eigenvalue weighted by Crippen LogP contribution is -2.37. The van der Waals surface area contributed by atoms with Crippen LogP contribution in [0, 0.1) is 31.1 Å². The number of pyridine rings is 1. The number of halogens is 1. The van der Waals surface area contributed by atoms with Crippen LogP contribution in [0.2, 0.25) is 5.02 Å². The van der Waals surface area contributed by atoms with E-state index in [-0.39, 0.29) is 11.8 Å². The van der Waals surface area contributed by atoms with Gasteiger partial charge in [0.05, 0.1) is 22.5 Å². The SMILES string of the molecule is Cc1cc(Cl)cc(C=C2CCN(C(=O)CC3CCC3)CC2)c1NC(=O)c1cnc(C)c(C#N)c1. The molecule has 1 aromatic carbocycles. The van der Waals surface area contributed by atoms with Crippen LogP contribution in [0.25, 0.3) is 6.08 Å². The fourth-order valence-corrected chi connectivity index (χ4v) is 4.77. The highest BCUT2D eigenvalue weighted by Crippen LogP contribution is 2.32. The minimum absolute atomic E-state index is 0.277. The van der Waals surface area contributed by atoms with Gasteiger partial charge < -0.3 is 10.2 Å². The van der Waals surface area contributed by atoms with Crippen molar-refractivity contribution in [2.45, 2.75) is 52.4 Å². The van der Waals surface area contributed by atoms with Crippen LogP contribution in [0.4, 0.5) is 5.69 Å². The van der Waals surface area contributed by atoms with E-state index >= 15 is 0 Å². The number of likely N-dealkylation sites (tertiary alicyclic amines) is 1. The second-order valence-electron chi connectivity index (χ2n) is 9.29. The first-order valence-corrected chi connectivity index (χ1v) is 12.2. The number of carbonyl (C=O) groups is 2. The average Bonchev–Trinajstić information content (AvgIpc) is 2.79. The molecular weight excluding hydrogens is 448 g/mol. The van der Waals surface area contributed by atoms with Crippen LogP contribution in [-0.2, 0) is 4.79 Å². The second kappa shape index (κ2) is 10.4. The van der Waals surface area contributed by atoms with Crippen LogP contribution in [0.5, 0.6) is 0 Å². The number of nitrogens with zero attached hydrogens (tertiary/aromatic N) is 3. The van der Waals surface area contributed by atoms with Gasteiger partial charge in [-0.05, 0) is 74.8 Å². The van der Waals surface area contributed by atoms with E-state index in [1.54, 1.807) is 13.0 Å². The lowest BCUT2D eigenvalue weighted by Gasteiger charge is -2.32. The highest BCUT2D eigenvalue weighted by atomic mass is 35.5. The van der Waals surface area contributed by atoms with Crippen LogP contribution >= 0.6 is 11.6 Å². The van der Waals surface area contributed by atoms with E-state index in [1.165, 1.54) is 31.0 Å². The third kappa shape index (κ3) is 5.48. The van der Waals surface area contributed by atoms with Crippen molar-refractivity contribution in [1.82, 2.24) is 9.88 Å². The molecule has 2 heterocycles. The number of aromatic nitrogens is 1. The Kier molecular flexibility index (Phi) is 7.33. The van der Waals surface area contributed by atoms with Gasteiger partial charge in [0.2, 0.25) is 5.91 Å². The predicted molar refractivity (Wildman–Crippen MR) is 134 cm³/mol. The summed E-state index contributed by atoms with van der Waals surface area (Å²) < 4.78 is 0. The molecule has 2 amide bonds. The van der Waals surface area contributed by atoms with Gasteiger partial charge in [0.25, 0.3) is 5.91 Å². The fourth-order valence-electron chi connectivity index (χ4n) is 4.49. The van der Waals surface area contributed by atoms with E-state index in [0.29, 0.717) is 39.9 Å². The van der Waals surface area contributed by atoms with Gasteiger partial charge in [0, 0.05) is 30.7 Å². The topological polar surface area (TPSA) is 86.1 Å². The lowest BCUT2D eigenvalue weighted by atomic mass is 9.82. The molecule has 2 fully saturated rings. The summed E-state index contributed by atoms with van der Waals surface area (Å²) >= 11 is 6.34. The summed E-state index contributed by atoms with van der Waals surface area (Å²) in [6.45, 7) is 5.09. The molecule has 4 rings (SSSR count). The van der Waals surface area contributed by atoms with E-state index in [0.717, 1.165) is 37.1 Å². The van der Waals surface area contributed by atoms with Crippen LogP contribution in [-0.4, -0.2) is 34.8 Å². The van der Waals surface area contributed by atoms with Crippen LogP contribution in [0.15, 0.2) is 30.0 Å². The van der Waals surface area contributed by atoms with Gasteiger partial charge in [-0.2, -0.15) is 5.26 Å². The number of nitrogens with one attached hydrogen (secondary N) is 1. The van der Waals surface area contributed by atoms with Crippen molar-refractivity contribution in [2.75, 3.05) is 18.4 Å². The maximum Gasteiger partial charge on any atom is 0.257 e. The number of piperidine rings is 1. The van der Waals surface area contributed by atoms with Crippen molar-refractivity contribution in [3.8, 4) is 6.07 Å². The highest BCUT2D eigenvalue weighted by molar-refractivity contribution is 6.31. The number of rotatable bonds is 5. The maximum atomic E-state index is 13.0. The lowest BCUT2D eigenvalue weighted by molar-refractivity contribution is -0.133. The number of hydrogen-bond acceptors (Lipinski definition) is 4. The quantitative estimate of drug-likeness (QED) is 0.602. The summed E-state index contributed by atoms with van der Waals surface area (Å²) in [6.07, 6.45) is 9.48. The largest absolute Gasteiger partial charge is 0.342 e. The number of hydrogen-bond donors (Lipinski definition) is 1.